The highest BCUT2D eigenvalue weighted by Crippen LogP contribution is 2.34. The fourth-order valence-corrected chi connectivity index (χ4v) is 4.26. The largest absolute Gasteiger partial charge is 0.479 e. The van der Waals surface area contributed by atoms with Gasteiger partial charge in [-0.1, -0.05) is 30.9 Å². The van der Waals surface area contributed by atoms with Gasteiger partial charge in [0.15, 0.2) is 11.4 Å². The number of hydrogen-bond acceptors (Lipinski definition) is 7. The third-order valence-electron chi connectivity index (χ3n) is 4.25. The van der Waals surface area contributed by atoms with Gasteiger partial charge in [-0.3, -0.25) is 4.79 Å². The van der Waals surface area contributed by atoms with Crippen LogP contribution in [0.2, 0.25) is 24.9 Å². The Kier molecular flexibility index (Phi) is 6.92. The standard InChI is InChI=1S/C20H21BrClN3O5Si/c1-27-18-16(19(28-2)25-20(22)24-18)23-17(26)13-8-9-15(29-13)30-14-10-11(31(3,4)5)6-7-12(14)21/h6-10H,1-5H3,(H,23,26). The first-order valence-electron chi connectivity index (χ1n) is 9.17. The zero-order valence-corrected chi connectivity index (χ0v) is 20.9. The average Bonchev–Trinajstić information content (AvgIpc) is 3.18. The van der Waals surface area contributed by atoms with Crippen LogP contribution in [0.1, 0.15) is 10.6 Å². The Bertz CT molecular complexity index is 1090. The molecule has 2 aromatic heterocycles. The van der Waals surface area contributed by atoms with E-state index >= 15 is 0 Å². The van der Waals surface area contributed by atoms with Crippen LogP contribution in [0.25, 0.3) is 0 Å². The van der Waals surface area contributed by atoms with Gasteiger partial charge in [-0.05, 0) is 45.7 Å². The van der Waals surface area contributed by atoms with Crippen molar-refractivity contribution in [2.24, 2.45) is 0 Å². The molecule has 3 rings (SSSR count). The Labute approximate surface area is 194 Å². The van der Waals surface area contributed by atoms with Gasteiger partial charge in [-0.2, -0.15) is 9.97 Å². The number of hydrogen-bond donors (Lipinski definition) is 1. The number of ether oxygens (including phenoxy) is 3. The summed E-state index contributed by atoms with van der Waals surface area (Å²) in [6.07, 6.45) is 0. The van der Waals surface area contributed by atoms with Gasteiger partial charge in [0.1, 0.15) is 5.75 Å². The van der Waals surface area contributed by atoms with Gasteiger partial charge in [-0.15, -0.1) is 0 Å². The van der Waals surface area contributed by atoms with E-state index in [4.69, 9.17) is 30.2 Å². The smallest absolute Gasteiger partial charge is 0.291 e. The van der Waals surface area contributed by atoms with Crippen LogP contribution in [-0.2, 0) is 0 Å². The van der Waals surface area contributed by atoms with Crippen molar-refractivity contribution in [3.8, 4) is 23.5 Å². The third-order valence-corrected chi connectivity index (χ3v) is 7.12. The normalized spacial score (nSPS) is 11.2. The van der Waals surface area contributed by atoms with Crippen molar-refractivity contribution in [3.63, 3.8) is 0 Å². The number of halogens is 2. The summed E-state index contributed by atoms with van der Waals surface area (Å²) in [7, 11) is 1.25. The van der Waals surface area contributed by atoms with E-state index in [-0.39, 0.29) is 34.4 Å². The Morgan fingerprint density at radius 1 is 1.10 bits per heavy atom. The topological polar surface area (TPSA) is 95.7 Å². The van der Waals surface area contributed by atoms with Crippen molar-refractivity contribution in [1.29, 1.82) is 0 Å². The molecule has 31 heavy (non-hydrogen) atoms. The molecule has 2 heterocycles. The molecule has 1 amide bonds. The van der Waals surface area contributed by atoms with E-state index in [9.17, 15) is 4.79 Å². The number of methoxy groups -OCH3 is 2. The summed E-state index contributed by atoms with van der Waals surface area (Å²) in [6, 6.07) is 9.07. The lowest BCUT2D eigenvalue weighted by Crippen LogP contribution is -2.37. The number of aromatic nitrogens is 2. The summed E-state index contributed by atoms with van der Waals surface area (Å²) in [5.74, 6) is 0.347. The highest BCUT2D eigenvalue weighted by atomic mass is 79.9. The van der Waals surface area contributed by atoms with E-state index in [1.165, 1.54) is 25.5 Å². The number of benzene rings is 1. The SMILES string of the molecule is COc1nc(Cl)nc(OC)c1NC(=O)c1ccc(Oc2cc([Si](C)(C)C)ccc2Br)o1. The minimum absolute atomic E-state index is 0.0199. The summed E-state index contributed by atoms with van der Waals surface area (Å²) in [5.41, 5.74) is 0.129. The Morgan fingerprint density at radius 2 is 1.74 bits per heavy atom. The van der Waals surface area contributed by atoms with Crippen LogP contribution in [0.4, 0.5) is 5.69 Å². The van der Waals surface area contributed by atoms with Crippen molar-refractivity contribution in [1.82, 2.24) is 9.97 Å². The fourth-order valence-electron chi connectivity index (χ4n) is 2.63. The van der Waals surface area contributed by atoms with Crippen molar-refractivity contribution in [2.75, 3.05) is 19.5 Å². The van der Waals surface area contributed by atoms with E-state index in [0.717, 1.165) is 4.47 Å². The second kappa shape index (κ2) is 9.29. The predicted octanol–water partition coefficient (Wildman–Crippen LogP) is 5.09. The molecule has 1 N–H and O–H groups in total. The quantitative estimate of drug-likeness (QED) is 0.338. The van der Waals surface area contributed by atoms with Gasteiger partial charge < -0.3 is 23.9 Å². The molecule has 11 heteroatoms. The number of furan rings is 1. The molecule has 0 fully saturated rings. The van der Waals surface area contributed by atoms with Crippen LogP contribution >= 0.6 is 27.5 Å². The molecule has 0 saturated heterocycles. The number of carbonyl (C=O) groups excluding carboxylic acids is 1. The van der Waals surface area contributed by atoms with Crippen LogP contribution in [0.15, 0.2) is 39.2 Å². The molecule has 0 aliphatic heterocycles. The first-order valence-corrected chi connectivity index (χ1v) is 13.8. The van der Waals surface area contributed by atoms with Gasteiger partial charge in [0.25, 0.3) is 11.9 Å². The summed E-state index contributed by atoms with van der Waals surface area (Å²) < 4.78 is 22.5. The molecular formula is C20H21BrClN3O5Si. The van der Waals surface area contributed by atoms with Gasteiger partial charge in [0.2, 0.25) is 17.0 Å². The second-order valence-corrected chi connectivity index (χ2v) is 13.7. The number of carbonyl (C=O) groups is 1. The molecule has 0 aliphatic rings. The maximum absolute atomic E-state index is 12.7. The van der Waals surface area contributed by atoms with E-state index in [1.54, 1.807) is 6.07 Å². The van der Waals surface area contributed by atoms with Crippen LogP contribution in [-0.4, -0.2) is 38.2 Å². The zero-order valence-electron chi connectivity index (χ0n) is 17.6. The Morgan fingerprint density at radius 3 is 2.32 bits per heavy atom. The van der Waals surface area contributed by atoms with Crippen LogP contribution in [0, 0.1) is 0 Å². The first-order chi connectivity index (χ1) is 14.6. The van der Waals surface area contributed by atoms with Gasteiger partial charge in [0.05, 0.1) is 26.8 Å². The molecule has 0 spiro atoms. The van der Waals surface area contributed by atoms with Crippen molar-refractivity contribution < 1.29 is 23.4 Å². The summed E-state index contributed by atoms with van der Waals surface area (Å²) >= 11 is 9.32. The highest BCUT2D eigenvalue weighted by molar-refractivity contribution is 9.10. The van der Waals surface area contributed by atoms with Gasteiger partial charge in [-0.25, -0.2) is 0 Å². The molecule has 0 radical (unpaired) electrons. The number of nitrogens with one attached hydrogen (secondary N) is 1. The molecule has 0 aliphatic carbocycles. The van der Waals surface area contributed by atoms with Gasteiger partial charge >= 0.3 is 0 Å². The zero-order chi connectivity index (χ0) is 22.8. The van der Waals surface area contributed by atoms with Crippen molar-refractivity contribution in [2.45, 2.75) is 19.6 Å². The van der Waals surface area contributed by atoms with Crippen LogP contribution in [0.3, 0.4) is 0 Å². The molecular weight excluding hydrogens is 506 g/mol. The van der Waals surface area contributed by atoms with Gasteiger partial charge in [0, 0.05) is 6.07 Å². The minimum Gasteiger partial charge on any atom is -0.479 e. The number of rotatable bonds is 7. The molecule has 0 unspecified atom stereocenters. The fraction of sp³-hybridized carbons (Fsp3) is 0.250. The third kappa shape index (κ3) is 5.38. The van der Waals surface area contributed by atoms with E-state index in [2.05, 4.69) is 56.9 Å². The number of nitrogens with zero attached hydrogens (tertiary/aromatic N) is 2. The predicted molar refractivity (Wildman–Crippen MR) is 124 cm³/mol. The lowest BCUT2D eigenvalue weighted by Gasteiger charge is -2.18. The lowest BCUT2D eigenvalue weighted by molar-refractivity contribution is 0.0990. The van der Waals surface area contributed by atoms with E-state index in [1.807, 2.05) is 12.1 Å². The molecule has 8 nitrogen and oxygen atoms in total. The number of amides is 1. The summed E-state index contributed by atoms with van der Waals surface area (Å²) in [5, 5.41) is 3.77. The molecule has 0 saturated carbocycles. The summed E-state index contributed by atoms with van der Waals surface area (Å²) in [6.45, 7) is 6.75. The van der Waals surface area contributed by atoms with Crippen molar-refractivity contribution in [3.05, 3.63) is 45.8 Å². The molecule has 3 aromatic rings. The summed E-state index contributed by atoms with van der Waals surface area (Å²) in [4.78, 5) is 20.5. The van der Waals surface area contributed by atoms with Crippen LogP contribution in [0.5, 0.6) is 23.5 Å². The Hall–Kier alpha value is -2.56. The average molecular weight is 527 g/mol. The first kappa shape index (κ1) is 23.1. The maximum atomic E-state index is 12.7. The number of anilines is 1. The minimum atomic E-state index is -1.52. The molecule has 1 aromatic carbocycles. The Balaban J connectivity index is 1.82. The van der Waals surface area contributed by atoms with Crippen molar-refractivity contribution >= 4 is 52.4 Å². The van der Waals surface area contributed by atoms with E-state index < -0.39 is 14.0 Å². The molecule has 164 valence electrons. The lowest BCUT2D eigenvalue weighted by atomic mass is 10.3. The molecule has 0 bridgehead atoms. The monoisotopic (exact) mass is 525 g/mol. The second-order valence-electron chi connectivity index (χ2n) is 7.46. The maximum Gasteiger partial charge on any atom is 0.291 e. The van der Waals surface area contributed by atoms with Crippen LogP contribution < -0.4 is 24.7 Å². The van der Waals surface area contributed by atoms with E-state index in [0.29, 0.717) is 5.75 Å². The molecule has 0 atom stereocenters. The highest BCUT2D eigenvalue weighted by Gasteiger charge is 2.22.